The highest BCUT2D eigenvalue weighted by Crippen LogP contribution is 2.45. The maximum atomic E-state index is 13.0. The van der Waals surface area contributed by atoms with Gasteiger partial charge in [-0.2, -0.15) is 0 Å². The van der Waals surface area contributed by atoms with E-state index < -0.39 is 5.82 Å². The fraction of sp³-hybridized carbons (Fsp3) is 0.400. The molecule has 2 fully saturated rings. The lowest BCUT2D eigenvalue weighted by Gasteiger charge is -2.28. The molecule has 2 aromatic rings. The van der Waals surface area contributed by atoms with E-state index in [1.807, 2.05) is 4.90 Å². The van der Waals surface area contributed by atoms with E-state index in [0.29, 0.717) is 23.6 Å². The van der Waals surface area contributed by atoms with Crippen molar-refractivity contribution in [2.45, 2.75) is 13.0 Å². The highest BCUT2D eigenvalue weighted by molar-refractivity contribution is 5.92. The van der Waals surface area contributed by atoms with Gasteiger partial charge in [-0.3, -0.25) is 9.69 Å². The SMILES string of the molecule is Cc1ccccc1[C@@H]1[C@@H]2CN(C(=O)c3ccc(F)cn3)C[C@@H]2CN1C. The van der Waals surface area contributed by atoms with Gasteiger partial charge < -0.3 is 4.90 Å². The van der Waals surface area contributed by atoms with Crippen LogP contribution in [0, 0.1) is 24.6 Å². The van der Waals surface area contributed by atoms with E-state index in [-0.39, 0.29) is 5.91 Å². The monoisotopic (exact) mass is 339 g/mol. The molecule has 0 N–H and O–H groups in total. The van der Waals surface area contributed by atoms with Crippen molar-refractivity contribution in [2.75, 3.05) is 26.7 Å². The van der Waals surface area contributed by atoms with Crippen LogP contribution in [0.1, 0.15) is 27.7 Å². The molecule has 3 atom stereocenters. The van der Waals surface area contributed by atoms with Crippen LogP contribution in [-0.4, -0.2) is 47.4 Å². The van der Waals surface area contributed by atoms with Gasteiger partial charge in [0.15, 0.2) is 0 Å². The van der Waals surface area contributed by atoms with Crippen molar-refractivity contribution in [3.63, 3.8) is 0 Å². The van der Waals surface area contributed by atoms with Crippen LogP contribution in [0.2, 0.25) is 0 Å². The number of nitrogens with zero attached hydrogens (tertiary/aromatic N) is 3. The molecule has 4 nitrogen and oxygen atoms in total. The van der Waals surface area contributed by atoms with Gasteiger partial charge in [-0.1, -0.05) is 24.3 Å². The maximum Gasteiger partial charge on any atom is 0.272 e. The highest BCUT2D eigenvalue weighted by atomic mass is 19.1. The van der Waals surface area contributed by atoms with E-state index in [1.54, 1.807) is 0 Å². The first-order chi connectivity index (χ1) is 12.0. The van der Waals surface area contributed by atoms with Crippen molar-refractivity contribution in [3.8, 4) is 0 Å². The molecule has 2 aliphatic rings. The third kappa shape index (κ3) is 2.82. The Labute approximate surface area is 147 Å². The Kier molecular flexibility index (Phi) is 4.04. The first-order valence-corrected chi connectivity index (χ1v) is 8.71. The first-order valence-electron chi connectivity index (χ1n) is 8.71. The molecule has 0 unspecified atom stereocenters. The van der Waals surface area contributed by atoms with E-state index >= 15 is 0 Å². The summed E-state index contributed by atoms with van der Waals surface area (Å²) in [6.45, 7) is 4.61. The van der Waals surface area contributed by atoms with Crippen molar-refractivity contribution in [1.29, 1.82) is 0 Å². The summed E-state index contributed by atoms with van der Waals surface area (Å²) in [6, 6.07) is 11.6. The minimum Gasteiger partial charge on any atom is -0.337 e. The second kappa shape index (κ2) is 6.23. The Morgan fingerprint density at radius 3 is 2.68 bits per heavy atom. The zero-order valence-corrected chi connectivity index (χ0v) is 14.5. The molecule has 0 saturated carbocycles. The number of aromatic nitrogens is 1. The van der Waals surface area contributed by atoms with Crippen LogP contribution in [0.5, 0.6) is 0 Å². The molecule has 25 heavy (non-hydrogen) atoms. The molecule has 3 heterocycles. The number of rotatable bonds is 2. The molecule has 2 saturated heterocycles. The van der Waals surface area contributed by atoms with Gasteiger partial charge in [0.25, 0.3) is 5.91 Å². The van der Waals surface area contributed by atoms with Crippen LogP contribution in [0.3, 0.4) is 0 Å². The molecule has 130 valence electrons. The summed E-state index contributed by atoms with van der Waals surface area (Å²) in [5.74, 6) is 0.381. The summed E-state index contributed by atoms with van der Waals surface area (Å²) >= 11 is 0. The minimum absolute atomic E-state index is 0.0967. The van der Waals surface area contributed by atoms with Crippen LogP contribution in [0.4, 0.5) is 4.39 Å². The number of likely N-dealkylation sites (tertiary alicyclic amines) is 2. The van der Waals surface area contributed by atoms with Crippen LogP contribution in [-0.2, 0) is 0 Å². The van der Waals surface area contributed by atoms with Crippen molar-refractivity contribution < 1.29 is 9.18 Å². The summed E-state index contributed by atoms with van der Waals surface area (Å²) in [7, 11) is 2.17. The smallest absolute Gasteiger partial charge is 0.272 e. The number of carbonyl (C=O) groups is 1. The number of hydrogen-bond donors (Lipinski definition) is 0. The molecule has 0 aliphatic carbocycles. The molecule has 1 aromatic heterocycles. The van der Waals surface area contributed by atoms with Crippen LogP contribution >= 0.6 is 0 Å². The number of fused-ring (bicyclic) bond motifs is 1. The molecule has 5 heteroatoms. The van der Waals surface area contributed by atoms with Gasteiger partial charge in [-0.15, -0.1) is 0 Å². The molecule has 0 bridgehead atoms. The summed E-state index contributed by atoms with van der Waals surface area (Å²) in [5, 5.41) is 0. The Bertz CT molecular complexity index is 792. The van der Waals surface area contributed by atoms with Gasteiger partial charge in [0, 0.05) is 31.6 Å². The standard InChI is InChI=1S/C20H22FN3O/c1-13-5-3-4-6-16(13)19-17-12-24(11-14(17)10-23(19)2)20(25)18-8-7-15(21)9-22-18/h3-9,14,17,19H,10-12H2,1-2H3/t14-,17+,19+/m0/s1. The van der Waals surface area contributed by atoms with Crippen molar-refractivity contribution in [1.82, 2.24) is 14.8 Å². The van der Waals surface area contributed by atoms with Gasteiger partial charge >= 0.3 is 0 Å². The Morgan fingerprint density at radius 1 is 1.16 bits per heavy atom. The van der Waals surface area contributed by atoms with E-state index in [0.717, 1.165) is 25.8 Å². The molecular formula is C20H22FN3O. The van der Waals surface area contributed by atoms with E-state index in [4.69, 9.17) is 0 Å². The molecule has 1 aromatic carbocycles. The quantitative estimate of drug-likeness (QED) is 0.844. The molecule has 4 rings (SSSR count). The second-order valence-corrected chi connectivity index (χ2v) is 7.24. The molecule has 1 amide bonds. The van der Waals surface area contributed by atoms with Gasteiger partial charge in [-0.25, -0.2) is 9.37 Å². The van der Waals surface area contributed by atoms with Crippen molar-refractivity contribution >= 4 is 5.91 Å². The minimum atomic E-state index is -0.420. The van der Waals surface area contributed by atoms with Crippen LogP contribution in [0.15, 0.2) is 42.6 Å². The topological polar surface area (TPSA) is 36.4 Å². The fourth-order valence-electron chi connectivity index (χ4n) is 4.47. The Hall–Kier alpha value is -2.27. The zero-order valence-electron chi connectivity index (χ0n) is 14.5. The predicted molar refractivity (Wildman–Crippen MR) is 93.6 cm³/mol. The van der Waals surface area contributed by atoms with Crippen molar-refractivity contribution in [3.05, 3.63) is 65.2 Å². The first kappa shape index (κ1) is 16.2. The third-order valence-electron chi connectivity index (χ3n) is 5.64. The summed E-state index contributed by atoms with van der Waals surface area (Å²) in [5.41, 5.74) is 2.97. The second-order valence-electron chi connectivity index (χ2n) is 7.24. The number of aryl methyl sites for hydroxylation is 1. The maximum absolute atomic E-state index is 13.0. The van der Waals surface area contributed by atoms with Gasteiger partial charge in [0.1, 0.15) is 11.5 Å². The van der Waals surface area contributed by atoms with Crippen LogP contribution in [0.25, 0.3) is 0 Å². The fourth-order valence-corrected chi connectivity index (χ4v) is 4.47. The predicted octanol–water partition coefficient (Wildman–Crippen LogP) is 2.90. The highest BCUT2D eigenvalue weighted by Gasteiger charge is 2.47. The summed E-state index contributed by atoms with van der Waals surface area (Å²) in [6.07, 6.45) is 1.11. The molecule has 0 spiro atoms. The average molecular weight is 339 g/mol. The lowest BCUT2D eigenvalue weighted by Crippen LogP contribution is -2.34. The number of amides is 1. The molecule has 2 aliphatic heterocycles. The molecular weight excluding hydrogens is 317 g/mol. The lowest BCUT2D eigenvalue weighted by atomic mass is 9.88. The third-order valence-corrected chi connectivity index (χ3v) is 5.64. The largest absolute Gasteiger partial charge is 0.337 e. The van der Waals surface area contributed by atoms with Gasteiger partial charge in [0.2, 0.25) is 0 Å². The normalized spacial score (nSPS) is 26.0. The number of hydrogen-bond acceptors (Lipinski definition) is 3. The summed E-state index contributed by atoms with van der Waals surface area (Å²) < 4.78 is 13.0. The zero-order chi connectivity index (χ0) is 17.6. The average Bonchev–Trinajstić information content (AvgIpc) is 3.12. The summed E-state index contributed by atoms with van der Waals surface area (Å²) in [4.78, 5) is 20.9. The number of carbonyl (C=O) groups excluding carboxylic acids is 1. The van der Waals surface area contributed by atoms with Gasteiger partial charge in [-0.05, 0) is 43.1 Å². The lowest BCUT2D eigenvalue weighted by molar-refractivity contribution is 0.0762. The Balaban J connectivity index is 1.56. The molecule has 0 radical (unpaired) electrons. The van der Waals surface area contributed by atoms with Crippen LogP contribution < -0.4 is 0 Å². The number of halogens is 1. The number of pyridine rings is 1. The number of benzene rings is 1. The van der Waals surface area contributed by atoms with Gasteiger partial charge in [0.05, 0.1) is 6.20 Å². The van der Waals surface area contributed by atoms with E-state index in [2.05, 4.69) is 48.1 Å². The van der Waals surface area contributed by atoms with E-state index in [1.165, 1.54) is 23.3 Å². The Morgan fingerprint density at radius 2 is 1.96 bits per heavy atom. The van der Waals surface area contributed by atoms with E-state index in [9.17, 15) is 9.18 Å². The van der Waals surface area contributed by atoms with Crippen molar-refractivity contribution in [2.24, 2.45) is 11.8 Å².